The summed E-state index contributed by atoms with van der Waals surface area (Å²) in [6.45, 7) is 0. The Bertz CT molecular complexity index is 582. The van der Waals surface area contributed by atoms with Crippen LogP contribution in [0.5, 0.6) is 0 Å². The van der Waals surface area contributed by atoms with E-state index in [-0.39, 0.29) is 5.69 Å². The van der Waals surface area contributed by atoms with Crippen molar-refractivity contribution in [3.05, 3.63) is 34.0 Å². The second kappa shape index (κ2) is 5.36. The quantitative estimate of drug-likeness (QED) is 0.795. The second-order valence-electron chi connectivity index (χ2n) is 6.71. The third-order valence-corrected chi connectivity index (χ3v) is 5.40. The van der Waals surface area contributed by atoms with Crippen molar-refractivity contribution in [1.82, 2.24) is 9.13 Å². The number of allylic oxidation sites excluding steroid dienone is 2. The fourth-order valence-electron chi connectivity index (χ4n) is 4.37. The van der Waals surface area contributed by atoms with E-state index in [9.17, 15) is 4.79 Å². The number of hydrogen-bond acceptors (Lipinski definition) is 1. The van der Waals surface area contributed by atoms with E-state index in [2.05, 4.69) is 33.4 Å². The van der Waals surface area contributed by atoms with E-state index in [0.717, 1.165) is 17.8 Å². The van der Waals surface area contributed by atoms with Gasteiger partial charge < -0.3 is 0 Å². The molecule has 4 rings (SSSR count). The van der Waals surface area contributed by atoms with Crippen LogP contribution in [0, 0.1) is 0 Å². The molecule has 21 heavy (non-hydrogen) atoms. The lowest BCUT2D eigenvalue weighted by molar-refractivity contribution is 0.453. The molecule has 2 saturated carbocycles. The van der Waals surface area contributed by atoms with Gasteiger partial charge in [-0.2, -0.15) is 0 Å². The SMILES string of the molecule is O=c1n(C2CCCC2)c2c(n1C1CCCC1)C=CCC=C2. The van der Waals surface area contributed by atoms with E-state index < -0.39 is 0 Å². The van der Waals surface area contributed by atoms with Gasteiger partial charge >= 0.3 is 5.69 Å². The summed E-state index contributed by atoms with van der Waals surface area (Å²) in [4.78, 5) is 13.1. The van der Waals surface area contributed by atoms with Crippen LogP contribution in [0.1, 0.15) is 81.3 Å². The highest BCUT2D eigenvalue weighted by Crippen LogP contribution is 2.35. The predicted molar refractivity (Wildman–Crippen MR) is 86.4 cm³/mol. The smallest absolute Gasteiger partial charge is 0.289 e. The first kappa shape index (κ1) is 13.2. The van der Waals surface area contributed by atoms with Crippen molar-refractivity contribution in [1.29, 1.82) is 0 Å². The molecule has 2 fully saturated rings. The monoisotopic (exact) mass is 284 g/mol. The van der Waals surface area contributed by atoms with Crippen molar-refractivity contribution >= 4 is 12.2 Å². The van der Waals surface area contributed by atoms with E-state index >= 15 is 0 Å². The minimum atomic E-state index is 0.245. The molecule has 112 valence electrons. The molecule has 3 aliphatic rings. The summed E-state index contributed by atoms with van der Waals surface area (Å²) in [7, 11) is 0. The van der Waals surface area contributed by atoms with Crippen LogP contribution < -0.4 is 5.69 Å². The average Bonchev–Trinajstić information content (AvgIpc) is 3.17. The van der Waals surface area contributed by atoms with Gasteiger partial charge in [0.1, 0.15) is 0 Å². The van der Waals surface area contributed by atoms with Gasteiger partial charge in [0, 0.05) is 12.1 Å². The zero-order valence-corrected chi connectivity index (χ0v) is 12.6. The summed E-state index contributed by atoms with van der Waals surface area (Å²) >= 11 is 0. The highest BCUT2D eigenvalue weighted by atomic mass is 16.2. The van der Waals surface area contributed by atoms with E-state index in [4.69, 9.17) is 0 Å². The molecular weight excluding hydrogens is 260 g/mol. The van der Waals surface area contributed by atoms with Crippen molar-refractivity contribution in [3.8, 4) is 0 Å². The molecule has 0 aliphatic heterocycles. The number of hydrogen-bond donors (Lipinski definition) is 0. The highest BCUT2D eigenvalue weighted by Gasteiger charge is 2.29. The van der Waals surface area contributed by atoms with Crippen molar-refractivity contribution in [2.24, 2.45) is 0 Å². The largest absolute Gasteiger partial charge is 0.329 e. The zero-order chi connectivity index (χ0) is 14.2. The number of rotatable bonds is 2. The van der Waals surface area contributed by atoms with Gasteiger partial charge in [0.2, 0.25) is 0 Å². The van der Waals surface area contributed by atoms with E-state index in [0.29, 0.717) is 12.1 Å². The Balaban J connectivity index is 1.90. The van der Waals surface area contributed by atoms with Gasteiger partial charge in [-0.25, -0.2) is 4.79 Å². The normalized spacial score (nSPS) is 22.9. The molecule has 0 spiro atoms. The van der Waals surface area contributed by atoms with E-state index in [1.807, 2.05) is 0 Å². The fourth-order valence-corrected chi connectivity index (χ4v) is 4.37. The van der Waals surface area contributed by atoms with Gasteiger partial charge in [-0.1, -0.05) is 37.8 Å². The van der Waals surface area contributed by atoms with Crippen molar-refractivity contribution in [3.63, 3.8) is 0 Å². The third-order valence-electron chi connectivity index (χ3n) is 5.40. The van der Waals surface area contributed by atoms with Gasteiger partial charge in [0.25, 0.3) is 0 Å². The Labute approximate surface area is 126 Å². The van der Waals surface area contributed by atoms with Crippen LogP contribution in [0.2, 0.25) is 0 Å². The number of nitrogens with zero attached hydrogens (tertiary/aromatic N) is 2. The topological polar surface area (TPSA) is 26.9 Å². The molecule has 0 bridgehead atoms. The fraction of sp³-hybridized carbons (Fsp3) is 0.611. The third kappa shape index (κ3) is 2.14. The molecule has 0 aromatic carbocycles. The standard InChI is InChI=1S/C18H24N2O/c21-18-19(14-8-4-5-9-14)16-12-2-1-3-13-17(16)20(18)15-10-6-7-11-15/h2-3,12-15H,1,4-11H2. The van der Waals surface area contributed by atoms with E-state index in [1.54, 1.807) is 0 Å². The molecule has 1 aromatic rings. The lowest BCUT2D eigenvalue weighted by atomic mass is 10.2. The van der Waals surface area contributed by atoms with Gasteiger partial charge in [-0.15, -0.1) is 0 Å². The Morgan fingerprint density at radius 1 is 0.762 bits per heavy atom. The van der Waals surface area contributed by atoms with E-state index in [1.165, 1.54) is 51.4 Å². The summed E-state index contributed by atoms with van der Waals surface area (Å²) in [5.74, 6) is 0. The molecular formula is C18H24N2O. The molecule has 0 N–H and O–H groups in total. The minimum absolute atomic E-state index is 0.245. The van der Waals surface area contributed by atoms with Gasteiger partial charge in [0.05, 0.1) is 11.4 Å². The van der Waals surface area contributed by atoms with Crippen LogP contribution in [-0.4, -0.2) is 9.13 Å². The Morgan fingerprint density at radius 2 is 1.19 bits per heavy atom. The Hall–Kier alpha value is -1.51. The summed E-state index contributed by atoms with van der Waals surface area (Å²) in [5, 5.41) is 0. The first-order chi connectivity index (χ1) is 10.4. The summed E-state index contributed by atoms with van der Waals surface area (Å²) in [6, 6.07) is 0.843. The molecule has 0 saturated heterocycles. The maximum absolute atomic E-state index is 13.1. The van der Waals surface area contributed by atoms with Crippen LogP contribution in [0.4, 0.5) is 0 Å². The summed E-state index contributed by atoms with van der Waals surface area (Å²) in [6.07, 6.45) is 19.4. The predicted octanol–water partition coefficient (Wildman–Crippen LogP) is 4.31. The van der Waals surface area contributed by atoms with Gasteiger partial charge in [0.15, 0.2) is 0 Å². The number of imidazole rings is 1. The van der Waals surface area contributed by atoms with Crippen molar-refractivity contribution in [2.45, 2.75) is 69.9 Å². The molecule has 3 nitrogen and oxygen atoms in total. The maximum Gasteiger partial charge on any atom is 0.329 e. The highest BCUT2D eigenvalue weighted by molar-refractivity contribution is 5.63. The number of aromatic nitrogens is 2. The second-order valence-corrected chi connectivity index (χ2v) is 6.71. The van der Waals surface area contributed by atoms with Crippen LogP contribution in [0.3, 0.4) is 0 Å². The summed E-state index contributed by atoms with van der Waals surface area (Å²) in [5.41, 5.74) is 2.56. The molecule has 0 radical (unpaired) electrons. The maximum atomic E-state index is 13.1. The van der Waals surface area contributed by atoms with Gasteiger partial charge in [-0.05, 0) is 44.3 Å². The first-order valence-electron chi connectivity index (χ1n) is 8.56. The van der Waals surface area contributed by atoms with Crippen LogP contribution in [0.25, 0.3) is 12.2 Å². The molecule has 3 aliphatic carbocycles. The van der Waals surface area contributed by atoms with Crippen LogP contribution >= 0.6 is 0 Å². The van der Waals surface area contributed by atoms with Crippen LogP contribution in [-0.2, 0) is 0 Å². The zero-order valence-electron chi connectivity index (χ0n) is 12.6. The van der Waals surface area contributed by atoms with Gasteiger partial charge in [-0.3, -0.25) is 9.13 Å². The molecule has 1 aromatic heterocycles. The molecule has 0 unspecified atom stereocenters. The Kier molecular flexibility index (Phi) is 3.36. The average molecular weight is 284 g/mol. The lowest BCUT2D eigenvalue weighted by Gasteiger charge is -2.13. The molecule has 3 heteroatoms. The molecule has 1 heterocycles. The summed E-state index contributed by atoms with van der Waals surface area (Å²) < 4.78 is 4.24. The first-order valence-corrected chi connectivity index (χ1v) is 8.56. The minimum Gasteiger partial charge on any atom is -0.289 e. The van der Waals surface area contributed by atoms with Crippen LogP contribution in [0.15, 0.2) is 16.9 Å². The lowest BCUT2D eigenvalue weighted by Crippen LogP contribution is -2.29. The van der Waals surface area contributed by atoms with Crippen molar-refractivity contribution < 1.29 is 0 Å². The molecule has 0 amide bonds. The Morgan fingerprint density at radius 3 is 1.62 bits per heavy atom. The van der Waals surface area contributed by atoms with Crippen molar-refractivity contribution in [2.75, 3.05) is 0 Å². The molecule has 0 atom stereocenters. The number of fused-ring (bicyclic) bond motifs is 1.